The van der Waals surface area contributed by atoms with Gasteiger partial charge in [-0.15, -0.1) is 0 Å². The Bertz CT molecular complexity index is 290. The number of hydrogen-bond donors (Lipinski definition) is 1. The molecule has 0 aromatic carbocycles. The Kier molecular flexibility index (Phi) is 5.88. The van der Waals surface area contributed by atoms with Crippen molar-refractivity contribution in [1.29, 1.82) is 0 Å². The van der Waals surface area contributed by atoms with Crippen LogP contribution in [0.3, 0.4) is 0 Å². The Morgan fingerprint density at radius 1 is 1.24 bits per heavy atom. The van der Waals surface area contributed by atoms with Crippen molar-refractivity contribution in [3.05, 3.63) is 12.2 Å². The highest BCUT2D eigenvalue weighted by Crippen LogP contribution is 2.26. The predicted octanol–water partition coefficient (Wildman–Crippen LogP) is 1.06. The highest BCUT2D eigenvalue weighted by molar-refractivity contribution is 6.04. The fourth-order valence-electron chi connectivity index (χ4n) is 1.28. The van der Waals surface area contributed by atoms with Crippen LogP contribution < -0.4 is 0 Å². The summed E-state index contributed by atoms with van der Waals surface area (Å²) >= 11 is 0. The fraction of sp³-hybridized carbons (Fsp3) is 0.667. The lowest BCUT2D eigenvalue weighted by molar-refractivity contribution is -0.187. The monoisotopic (exact) mass is 244 g/mol. The maximum Gasteiger partial charge on any atom is 0.350 e. The van der Waals surface area contributed by atoms with Gasteiger partial charge in [0.15, 0.2) is 0 Å². The normalized spacial score (nSPS) is 12.8. The smallest absolute Gasteiger partial charge is 0.350 e. The quantitative estimate of drug-likeness (QED) is 0.429. The largest absolute Gasteiger partial charge is 0.463 e. The first-order valence-electron chi connectivity index (χ1n) is 5.54. The fourth-order valence-corrected chi connectivity index (χ4v) is 1.28. The van der Waals surface area contributed by atoms with E-state index in [1.165, 1.54) is 6.92 Å². The number of carbonyl (C=O) groups is 2. The summed E-state index contributed by atoms with van der Waals surface area (Å²) in [4.78, 5) is 23.4. The molecule has 0 rings (SSSR count). The maximum atomic E-state index is 11.7. The van der Waals surface area contributed by atoms with Crippen LogP contribution in [0.25, 0.3) is 0 Å². The summed E-state index contributed by atoms with van der Waals surface area (Å²) in [5.41, 5.74) is -1.83. The molecule has 5 heteroatoms. The number of ether oxygens (including phenoxy) is 2. The predicted molar refractivity (Wildman–Crippen MR) is 62.2 cm³/mol. The van der Waals surface area contributed by atoms with Gasteiger partial charge in [0.05, 0.1) is 13.2 Å². The Balaban J connectivity index is 5.26. The lowest BCUT2D eigenvalue weighted by Gasteiger charge is -2.29. The minimum absolute atomic E-state index is 0.0729. The van der Waals surface area contributed by atoms with E-state index < -0.39 is 23.5 Å². The van der Waals surface area contributed by atoms with E-state index in [2.05, 4.69) is 6.58 Å². The number of aliphatic hydroxyl groups is 1. The maximum absolute atomic E-state index is 11.7. The Morgan fingerprint density at radius 3 is 1.82 bits per heavy atom. The molecule has 0 aliphatic rings. The molecule has 0 aliphatic carbocycles. The van der Waals surface area contributed by atoms with Gasteiger partial charge in [-0.2, -0.15) is 0 Å². The van der Waals surface area contributed by atoms with Crippen molar-refractivity contribution in [3.8, 4) is 0 Å². The van der Waals surface area contributed by atoms with Crippen LogP contribution >= 0.6 is 0 Å². The van der Waals surface area contributed by atoms with E-state index in [0.29, 0.717) is 5.57 Å². The van der Waals surface area contributed by atoms with E-state index in [4.69, 9.17) is 9.47 Å². The SMILES string of the molecule is C=C(C)C(C)C(O)(C(=O)OCC)C(=O)OCC. The molecule has 0 saturated heterocycles. The third-order valence-corrected chi connectivity index (χ3v) is 2.54. The zero-order valence-corrected chi connectivity index (χ0v) is 10.8. The van der Waals surface area contributed by atoms with Gasteiger partial charge in [-0.3, -0.25) is 0 Å². The van der Waals surface area contributed by atoms with Crippen molar-refractivity contribution >= 4 is 11.9 Å². The molecular formula is C12H20O5. The summed E-state index contributed by atoms with van der Waals surface area (Å²) in [5, 5.41) is 10.2. The molecule has 0 spiro atoms. The van der Waals surface area contributed by atoms with Crippen LogP contribution in [0.1, 0.15) is 27.7 Å². The molecule has 17 heavy (non-hydrogen) atoms. The van der Waals surface area contributed by atoms with Crippen molar-refractivity contribution < 1.29 is 24.2 Å². The summed E-state index contributed by atoms with van der Waals surface area (Å²) in [5.74, 6) is -2.79. The molecule has 1 N–H and O–H groups in total. The van der Waals surface area contributed by atoms with Gasteiger partial charge in [-0.25, -0.2) is 9.59 Å². The second-order valence-electron chi connectivity index (χ2n) is 3.78. The summed E-state index contributed by atoms with van der Waals surface area (Å²) in [6.45, 7) is 10.1. The average molecular weight is 244 g/mol. The molecule has 0 radical (unpaired) electrons. The van der Waals surface area contributed by atoms with Gasteiger partial charge < -0.3 is 14.6 Å². The molecule has 0 amide bonds. The third-order valence-electron chi connectivity index (χ3n) is 2.54. The second kappa shape index (κ2) is 6.39. The van der Waals surface area contributed by atoms with Crippen molar-refractivity contribution in [1.82, 2.24) is 0 Å². The first-order chi connectivity index (χ1) is 7.82. The Labute approximate surface area is 101 Å². The first-order valence-corrected chi connectivity index (χ1v) is 5.54. The highest BCUT2D eigenvalue weighted by atomic mass is 16.6. The highest BCUT2D eigenvalue weighted by Gasteiger charge is 2.52. The zero-order chi connectivity index (χ0) is 13.6. The van der Waals surface area contributed by atoms with Crippen LogP contribution in [-0.2, 0) is 19.1 Å². The molecule has 0 aliphatic heterocycles. The minimum atomic E-state index is -2.32. The number of carbonyl (C=O) groups excluding carboxylic acids is 2. The summed E-state index contributed by atoms with van der Waals surface area (Å²) < 4.78 is 9.43. The van der Waals surface area contributed by atoms with Crippen molar-refractivity contribution in [2.45, 2.75) is 33.3 Å². The molecule has 0 bridgehead atoms. The number of hydrogen-bond acceptors (Lipinski definition) is 5. The van der Waals surface area contributed by atoms with Crippen molar-refractivity contribution in [3.63, 3.8) is 0 Å². The molecule has 0 heterocycles. The van der Waals surface area contributed by atoms with Crippen LogP contribution in [0.2, 0.25) is 0 Å². The number of esters is 2. The van der Waals surface area contributed by atoms with Gasteiger partial charge in [0.2, 0.25) is 0 Å². The molecular weight excluding hydrogens is 224 g/mol. The molecule has 1 atom stereocenters. The van der Waals surface area contributed by atoms with Crippen LogP contribution in [0.15, 0.2) is 12.2 Å². The van der Waals surface area contributed by atoms with Gasteiger partial charge in [0, 0.05) is 5.92 Å². The van der Waals surface area contributed by atoms with E-state index in [9.17, 15) is 14.7 Å². The third kappa shape index (κ3) is 3.30. The molecule has 5 nitrogen and oxygen atoms in total. The standard InChI is InChI=1S/C12H20O5/c1-6-16-10(13)12(15,9(5)8(3)4)11(14)17-7-2/h9,15H,3,6-7H2,1-2,4-5H3. The molecule has 0 fully saturated rings. The van der Waals surface area contributed by atoms with Crippen LogP contribution in [0.4, 0.5) is 0 Å². The van der Waals surface area contributed by atoms with Crippen LogP contribution in [0.5, 0.6) is 0 Å². The summed E-state index contributed by atoms with van der Waals surface area (Å²) in [6, 6.07) is 0. The van der Waals surface area contributed by atoms with E-state index >= 15 is 0 Å². The summed E-state index contributed by atoms with van der Waals surface area (Å²) in [7, 11) is 0. The van der Waals surface area contributed by atoms with E-state index in [1.807, 2.05) is 0 Å². The molecule has 1 unspecified atom stereocenters. The van der Waals surface area contributed by atoms with Gasteiger partial charge in [0.25, 0.3) is 5.60 Å². The van der Waals surface area contributed by atoms with Gasteiger partial charge >= 0.3 is 11.9 Å². The first kappa shape index (κ1) is 15.6. The van der Waals surface area contributed by atoms with Crippen LogP contribution in [0, 0.1) is 5.92 Å². The average Bonchev–Trinajstić information content (AvgIpc) is 2.27. The Hall–Kier alpha value is -1.36. The Morgan fingerprint density at radius 2 is 1.59 bits per heavy atom. The van der Waals surface area contributed by atoms with Gasteiger partial charge in [-0.1, -0.05) is 19.1 Å². The van der Waals surface area contributed by atoms with Crippen molar-refractivity contribution in [2.24, 2.45) is 5.92 Å². The molecule has 0 aromatic heterocycles. The van der Waals surface area contributed by atoms with E-state index in [0.717, 1.165) is 0 Å². The summed E-state index contributed by atoms with van der Waals surface area (Å²) in [6.07, 6.45) is 0. The van der Waals surface area contributed by atoms with Crippen LogP contribution in [-0.4, -0.2) is 35.9 Å². The van der Waals surface area contributed by atoms with Gasteiger partial charge in [-0.05, 0) is 20.8 Å². The van der Waals surface area contributed by atoms with E-state index in [-0.39, 0.29) is 13.2 Å². The second-order valence-corrected chi connectivity index (χ2v) is 3.78. The number of rotatable bonds is 6. The molecule has 0 aromatic rings. The zero-order valence-electron chi connectivity index (χ0n) is 10.8. The lowest BCUT2D eigenvalue weighted by Crippen LogP contribution is -2.54. The topological polar surface area (TPSA) is 72.8 Å². The van der Waals surface area contributed by atoms with Gasteiger partial charge in [0.1, 0.15) is 0 Å². The minimum Gasteiger partial charge on any atom is -0.463 e. The molecule has 98 valence electrons. The molecule has 0 saturated carbocycles. The lowest BCUT2D eigenvalue weighted by atomic mass is 9.84. The van der Waals surface area contributed by atoms with E-state index in [1.54, 1.807) is 20.8 Å². The van der Waals surface area contributed by atoms with Crippen molar-refractivity contribution in [2.75, 3.05) is 13.2 Å².